The van der Waals surface area contributed by atoms with Crippen LogP contribution in [0.1, 0.15) is 0 Å². The largest absolute Gasteiger partial charge is 0.344 e. The molecule has 0 bridgehead atoms. The number of fused-ring (bicyclic) bond motifs is 1. The van der Waals surface area contributed by atoms with E-state index in [1.807, 2.05) is 36.4 Å². The second kappa shape index (κ2) is 3.61. The molecule has 0 N–H and O–H groups in total. The lowest BCUT2D eigenvalue weighted by Gasteiger charge is -1.98. The SMILES string of the molecule is Clc1cc(-c2ccc3ccccc3n2)no1. The predicted molar refractivity (Wildman–Crippen MR) is 62.3 cm³/mol. The first-order valence-corrected chi connectivity index (χ1v) is 5.19. The van der Waals surface area contributed by atoms with Gasteiger partial charge in [0, 0.05) is 11.5 Å². The average Bonchev–Trinajstić information content (AvgIpc) is 2.75. The zero-order valence-electron chi connectivity index (χ0n) is 8.22. The maximum Gasteiger partial charge on any atom is 0.226 e. The van der Waals surface area contributed by atoms with Crippen molar-refractivity contribution in [2.24, 2.45) is 0 Å². The van der Waals surface area contributed by atoms with Gasteiger partial charge in [-0.25, -0.2) is 4.98 Å². The van der Waals surface area contributed by atoms with Crippen LogP contribution in [0.5, 0.6) is 0 Å². The maximum atomic E-state index is 5.67. The van der Waals surface area contributed by atoms with Crippen molar-refractivity contribution >= 4 is 22.5 Å². The second-order valence-electron chi connectivity index (χ2n) is 3.41. The minimum Gasteiger partial charge on any atom is -0.344 e. The fraction of sp³-hybridized carbons (Fsp3) is 0. The Labute approximate surface area is 96.7 Å². The lowest BCUT2D eigenvalue weighted by Crippen LogP contribution is -1.84. The smallest absolute Gasteiger partial charge is 0.226 e. The number of aromatic nitrogens is 2. The third-order valence-electron chi connectivity index (χ3n) is 2.34. The van der Waals surface area contributed by atoms with E-state index in [4.69, 9.17) is 16.1 Å². The molecule has 3 rings (SSSR count). The van der Waals surface area contributed by atoms with Gasteiger partial charge in [0.2, 0.25) is 5.22 Å². The lowest BCUT2D eigenvalue weighted by molar-refractivity contribution is 0.424. The molecule has 0 spiro atoms. The van der Waals surface area contributed by atoms with Crippen LogP contribution in [0.25, 0.3) is 22.3 Å². The molecule has 0 saturated heterocycles. The number of pyridine rings is 1. The van der Waals surface area contributed by atoms with Crippen LogP contribution in [-0.4, -0.2) is 10.1 Å². The first kappa shape index (κ1) is 9.36. The van der Waals surface area contributed by atoms with Gasteiger partial charge >= 0.3 is 0 Å². The summed E-state index contributed by atoms with van der Waals surface area (Å²) >= 11 is 5.67. The fourth-order valence-corrected chi connectivity index (χ4v) is 1.72. The summed E-state index contributed by atoms with van der Waals surface area (Å²) < 4.78 is 4.81. The first-order valence-electron chi connectivity index (χ1n) is 4.81. The van der Waals surface area contributed by atoms with E-state index in [1.165, 1.54) is 0 Å². The summed E-state index contributed by atoms with van der Waals surface area (Å²) in [6.45, 7) is 0. The molecule has 4 heteroatoms. The van der Waals surface area contributed by atoms with Crippen LogP contribution in [0.3, 0.4) is 0 Å². The molecule has 16 heavy (non-hydrogen) atoms. The van der Waals surface area contributed by atoms with Gasteiger partial charge in [0.1, 0.15) is 5.69 Å². The number of para-hydroxylation sites is 1. The van der Waals surface area contributed by atoms with E-state index >= 15 is 0 Å². The molecule has 78 valence electrons. The molecule has 3 nitrogen and oxygen atoms in total. The molecule has 0 aliphatic carbocycles. The Bertz CT molecular complexity index is 648. The van der Waals surface area contributed by atoms with Crippen molar-refractivity contribution < 1.29 is 4.52 Å². The lowest BCUT2D eigenvalue weighted by atomic mass is 10.2. The zero-order valence-corrected chi connectivity index (χ0v) is 8.98. The standard InChI is InChI=1S/C12H7ClN2O/c13-12-7-11(15-16-12)10-6-5-8-3-1-2-4-9(8)14-10/h1-7H. The van der Waals surface area contributed by atoms with Gasteiger partial charge in [-0.3, -0.25) is 0 Å². The molecular formula is C12H7ClN2O. The van der Waals surface area contributed by atoms with Gasteiger partial charge in [0.25, 0.3) is 0 Å². The average molecular weight is 231 g/mol. The van der Waals surface area contributed by atoms with Gasteiger partial charge in [0.05, 0.1) is 11.2 Å². The summed E-state index contributed by atoms with van der Waals surface area (Å²) in [6, 6.07) is 13.5. The van der Waals surface area contributed by atoms with Crippen molar-refractivity contribution in [1.29, 1.82) is 0 Å². The zero-order chi connectivity index (χ0) is 11.0. The van der Waals surface area contributed by atoms with Gasteiger partial charge in [-0.15, -0.1) is 0 Å². The van der Waals surface area contributed by atoms with E-state index in [9.17, 15) is 0 Å². The summed E-state index contributed by atoms with van der Waals surface area (Å²) in [5, 5.41) is 5.19. The Morgan fingerprint density at radius 1 is 1.00 bits per heavy atom. The van der Waals surface area contributed by atoms with Crippen LogP contribution in [0, 0.1) is 0 Å². The van der Waals surface area contributed by atoms with Crippen molar-refractivity contribution in [1.82, 2.24) is 10.1 Å². The Morgan fingerprint density at radius 3 is 2.69 bits per heavy atom. The third-order valence-corrected chi connectivity index (χ3v) is 2.52. The van der Waals surface area contributed by atoms with Gasteiger partial charge in [0.15, 0.2) is 0 Å². The van der Waals surface area contributed by atoms with E-state index in [0.717, 1.165) is 16.6 Å². The Balaban J connectivity index is 2.18. The minimum atomic E-state index is 0.268. The molecule has 1 aromatic carbocycles. The van der Waals surface area contributed by atoms with Crippen molar-refractivity contribution in [2.45, 2.75) is 0 Å². The van der Waals surface area contributed by atoms with Crippen molar-refractivity contribution in [3.63, 3.8) is 0 Å². The van der Waals surface area contributed by atoms with Crippen LogP contribution in [0.4, 0.5) is 0 Å². The second-order valence-corrected chi connectivity index (χ2v) is 3.78. The van der Waals surface area contributed by atoms with Gasteiger partial charge in [-0.2, -0.15) is 0 Å². The topological polar surface area (TPSA) is 38.9 Å². The first-order chi connectivity index (χ1) is 7.83. The monoisotopic (exact) mass is 230 g/mol. The van der Waals surface area contributed by atoms with E-state index in [2.05, 4.69) is 10.1 Å². The van der Waals surface area contributed by atoms with E-state index in [0.29, 0.717) is 5.69 Å². The molecule has 0 saturated carbocycles. The molecule has 0 aliphatic rings. The highest BCUT2D eigenvalue weighted by Gasteiger charge is 2.06. The summed E-state index contributed by atoms with van der Waals surface area (Å²) in [6.07, 6.45) is 0. The van der Waals surface area contributed by atoms with Gasteiger partial charge < -0.3 is 4.52 Å². The maximum absolute atomic E-state index is 5.67. The molecule has 0 aliphatic heterocycles. The van der Waals surface area contributed by atoms with E-state index < -0.39 is 0 Å². The molecule has 0 amide bonds. The third kappa shape index (κ3) is 1.55. The number of rotatable bonds is 1. The van der Waals surface area contributed by atoms with Crippen molar-refractivity contribution in [3.05, 3.63) is 47.7 Å². The molecule has 2 aromatic heterocycles. The fourth-order valence-electron chi connectivity index (χ4n) is 1.58. The van der Waals surface area contributed by atoms with E-state index in [1.54, 1.807) is 6.07 Å². The highest BCUT2D eigenvalue weighted by atomic mass is 35.5. The molecule has 2 heterocycles. The Morgan fingerprint density at radius 2 is 1.88 bits per heavy atom. The Hall–Kier alpha value is -1.87. The Kier molecular flexibility index (Phi) is 2.11. The minimum absolute atomic E-state index is 0.268. The van der Waals surface area contributed by atoms with Crippen molar-refractivity contribution in [2.75, 3.05) is 0 Å². The van der Waals surface area contributed by atoms with Gasteiger partial charge in [-0.1, -0.05) is 29.4 Å². The van der Waals surface area contributed by atoms with Gasteiger partial charge in [-0.05, 0) is 23.7 Å². The van der Waals surface area contributed by atoms with Crippen molar-refractivity contribution in [3.8, 4) is 11.4 Å². The number of benzene rings is 1. The molecule has 0 fully saturated rings. The van der Waals surface area contributed by atoms with Crippen LogP contribution in [0.2, 0.25) is 5.22 Å². The number of hydrogen-bond acceptors (Lipinski definition) is 3. The number of nitrogens with zero attached hydrogens (tertiary/aromatic N) is 2. The van der Waals surface area contributed by atoms with E-state index in [-0.39, 0.29) is 5.22 Å². The van der Waals surface area contributed by atoms with Crippen LogP contribution in [0.15, 0.2) is 47.0 Å². The molecular weight excluding hydrogens is 224 g/mol. The molecule has 3 aromatic rings. The molecule has 0 unspecified atom stereocenters. The summed E-state index contributed by atoms with van der Waals surface area (Å²) in [5.41, 5.74) is 2.34. The van der Waals surface area contributed by atoms with Crippen LogP contribution in [-0.2, 0) is 0 Å². The normalized spacial score (nSPS) is 10.8. The summed E-state index contributed by atoms with van der Waals surface area (Å²) in [4.78, 5) is 4.48. The molecule has 0 atom stereocenters. The summed E-state index contributed by atoms with van der Waals surface area (Å²) in [7, 11) is 0. The highest BCUT2D eigenvalue weighted by Crippen LogP contribution is 2.22. The predicted octanol–water partition coefficient (Wildman–Crippen LogP) is 3.54. The quantitative estimate of drug-likeness (QED) is 0.642. The van der Waals surface area contributed by atoms with Crippen LogP contribution >= 0.6 is 11.6 Å². The van der Waals surface area contributed by atoms with Crippen LogP contribution < -0.4 is 0 Å². The summed E-state index contributed by atoms with van der Waals surface area (Å²) in [5.74, 6) is 0. The molecule has 0 radical (unpaired) electrons. The number of halogens is 1. The highest BCUT2D eigenvalue weighted by molar-refractivity contribution is 6.29. The number of hydrogen-bond donors (Lipinski definition) is 0.